The lowest BCUT2D eigenvalue weighted by Gasteiger charge is -1.99. The van der Waals surface area contributed by atoms with Crippen molar-refractivity contribution in [2.24, 2.45) is 5.92 Å². The molecular weight excluding hydrogens is 216 g/mol. The lowest BCUT2D eigenvalue weighted by molar-refractivity contribution is 0.419. The predicted molar refractivity (Wildman–Crippen MR) is 65.1 cm³/mol. The van der Waals surface area contributed by atoms with Crippen LogP contribution in [0.5, 0.6) is 0 Å². The van der Waals surface area contributed by atoms with Crippen molar-refractivity contribution >= 4 is 5.69 Å². The molecule has 0 radical (unpaired) electrons. The van der Waals surface area contributed by atoms with Crippen LogP contribution in [0.25, 0.3) is 11.5 Å². The maximum absolute atomic E-state index is 5.79. The standard InChI is InChI=1S/C12H16N4O/c1-8(2)3-4-11-15-12(17-16-11)9-5-6-14-7-10(9)13/h5-8H,3-4,13H2,1-2H3. The third-order valence-corrected chi connectivity index (χ3v) is 2.50. The molecule has 0 fully saturated rings. The highest BCUT2D eigenvalue weighted by Crippen LogP contribution is 2.22. The molecule has 0 unspecified atom stereocenters. The van der Waals surface area contributed by atoms with Gasteiger partial charge in [0.05, 0.1) is 17.4 Å². The topological polar surface area (TPSA) is 77.8 Å². The molecule has 0 bridgehead atoms. The number of nitrogen functional groups attached to an aromatic ring is 1. The molecule has 0 saturated heterocycles. The van der Waals surface area contributed by atoms with E-state index in [2.05, 4.69) is 29.0 Å². The molecule has 2 aromatic heterocycles. The highest BCUT2D eigenvalue weighted by molar-refractivity contribution is 5.68. The molecule has 2 heterocycles. The number of rotatable bonds is 4. The minimum absolute atomic E-state index is 0.462. The molecule has 0 aliphatic carbocycles. The Morgan fingerprint density at radius 2 is 2.24 bits per heavy atom. The third-order valence-electron chi connectivity index (χ3n) is 2.50. The van der Waals surface area contributed by atoms with E-state index in [1.54, 1.807) is 18.5 Å². The molecule has 17 heavy (non-hydrogen) atoms. The number of pyridine rings is 1. The zero-order chi connectivity index (χ0) is 12.3. The van der Waals surface area contributed by atoms with Crippen molar-refractivity contribution in [2.45, 2.75) is 26.7 Å². The maximum Gasteiger partial charge on any atom is 0.260 e. The van der Waals surface area contributed by atoms with E-state index >= 15 is 0 Å². The summed E-state index contributed by atoms with van der Waals surface area (Å²) in [6.45, 7) is 4.34. The highest BCUT2D eigenvalue weighted by Gasteiger charge is 2.11. The van der Waals surface area contributed by atoms with Crippen molar-refractivity contribution in [1.29, 1.82) is 0 Å². The van der Waals surface area contributed by atoms with Gasteiger partial charge in [-0.15, -0.1) is 0 Å². The van der Waals surface area contributed by atoms with Gasteiger partial charge in [-0.05, 0) is 18.4 Å². The quantitative estimate of drug-likeness (QED) is 0.875. The van der Waals surface area contributed by atoms with Crippen LogP contribution in [0.3, 0.4) is 0 Å². The Morgan fingerprint density at radius 3 is 2.94 bits per heavy atom. The van der Waals surface area contributed by atoms with Crippen molar-refractivity contribution in [1.82, 2.24) is 15.1 Å². The first kappa shape index (κ1) is 11.6. The lowest BCUT2D eigenvalue weighted by Crippen LogP contribution is -1.94. The maximum atomic E-state index is 5.79. The number of hydrogen-bond acceptors (Lipinski definition) is 5. The fourth-order valence-corrected chi connectivity index (χ4v) is 1.48. The number of hydrogen-bond donors (Lipinski definition) is 1. The van der Waals surface area contributed by atoms with Crippen LogP contribution >= 0.6 is 0 Å². The summed E-state index contributed by atoms with van der Waals surface area (Å²) in [6, 6.07) is 1.77. The largest absolute Gasteiger partial charge is 0.397 e. The normalized spacial score (nSPS) is 11.0. The predicted octanol–water partition coefficient (Wildman–Crippen LogP) is 2.30. The van der Waals surface area contributed by atoms with Crippen LogP contribution < -0.4 is 5.73 Å². The first-order valence-electron chi connectivity index (χ1n) is 5.69. The van der Waals surface area contributed by atoms with Gasteiger partial charge in [0, 0.05) is 12.6 Å². The number of aryl methyl sites for hydroxylation is 1. The van der Waals surface area contributed by atoms with Crippen LogP contribution in [0.1, 0.15) is 26.1 Å². The summed E-state index contributed by atoms with van der Waals surface area (Å²) >= 11 is 0. The fourth-order valence-electron chi connectivity index (χ4n) is 1.48. The van der Waals surface area contributed by atoms with Crippen molar-refractivity contribution < 1.29 is 4.52 Å². The summed E-state index contributed by atoms with van der Waals surface area (Å²) in [5.74, 6) is 1.82. The van der Waals surface area contributed by atoms with E-state index in [0.717, 1.165) is 24.2 Å². The molecule has 5 nitrogen and oxygen atoms in total. The van der Waals surface area contributed by atoms with Gasteiger partial charge in [0.1, 0.15) is 0 Å². The first-order chi connectivity index (χ1) is 8.16. The van der Waals surface area contributed by atoms with E-state index in [4.69, 9.17) is 10.3 Å². The number of anilines is 1. The highest BCUT2D eigenvalue weighted by atomic mass is 16.5. The number of nitrogens with zero attached hydrogens (tertiary/aromatic N) is 3. The van der Waals surface area contributed by atoms with Gasteiger partial charge in [-0.1, -0.05) is 19.0 Å². The van der Waals surface area contributed by atoms with Gasteiger partial charge < -0.3 is 10.3 Å². The summed E-state index contributed by atoms with van der Waals surface area (Å²) in [4.78, 5) is 8.25. The van der Waals surface area contributed by atoms with Gasteiger partial charge >= 0.3 is 0 Å². The average molecular weight is 232 g/mol. The molecule has 0 aromatic carbocycles. The lowest BCUT2D eigenvalue weighted by atomic mass is 10.1. The monoisotopic (exact) mass is 232 g/mol. The fraction of sp³-hybridized carbons (Fsp3) is 0.417. The van der Waals surface area contributed by atoms with Gasteiger partial charge in [0.25, 0.3) is 5.89 Å². The summed E-state index contributed by atoms with van der Waals surface area (Å²) in [7, 11) is 0. The van der Waals surface area contributed by atoms with Crippen molar-refractivity contribution in [3.63, 3.8) is 0 Å². The second-order valence-corrected chi connectivity index (χ2v) is 4.41. The van der Waals surface area contributed by atoms with E-state index < -0.39 is 0 Å². The second-order valence-electron chi connectivity index (χ2n) is 4.41. The first-order valence-corrected chi connectivity index (χ1v) is 5.69. The van der Waals surface area contributed by atoms with Gasteiger partial charge in [-0.2, -0.15) is 4.98 Å². The summed E-state index contributed by atoms with van der Waals surface area (Å²) in [5, 5.41) is 3.94. The molecule has 2 aromatic rings. The minimum atomic E-state index is 0.462. The Hall–Kier alpha value is -1.91. The van der Waals surface area contributed by atoms with Crippen LogP contribution in [0.15, 0.2) is 23.0 Å². The Morgan fingerprint density at radius 1 is 1.41 bits per heavy atom. The van der Waals surface area contributed by atoms with Crippen LogP contribution in [0, 0.1) is 5.92 Å². The molecule has 2 N–H and O–H groups in total. The van der Waals surface area contributed by atoms with Gasteiger partial charge in [0.15, 0.2) is 5.82 Å². The molecule has 0 aliphatic heterocycles. The molecule has 0 amide bonds. The molecule has 2 rings (SSSR count). The number of aromatic nitrogens is 3. The van der Waals surface area contributed by atoms with Crippen LogP contribution in [0.2, 0.25) is 0 Å². The van der Waals surface area contributed by atoms with Crippen LogP contribution in [-0.4, -0.2) is 15.1 Å². The van der Waals surface area contributed by atoms with Crippen molar-refractivity contribution in [2.75, 3.05) is 5.73 Å². The summed E-state index contributed by atoms with van der Waals surface area (Å²) in [5.41, 5.74) is 7.08. The Labute approximate surface area is 100 Å². The van der Waals surface area contributed by atoms with E-state index in [9.17, 15) is 0 Å². The SMILES string of the molecule is CC(C)CCc1noc(-c2ccncc2N)n1. The average Bonchev–Trinajstić information content (AvgIpc) is 2.75. The van der Waals surface area contributed by atoms with Gasteiger partial charge in [0.2, 0.25) is 0 Å². The third kappa shape index (κ3) is 2.81. The van der Waals surface area contributed by atoms with E-state index in [0.29, 0.717) is 17.5 Å². The smallest absolute Gasteiger partial charge is 0.260 e. The van der Waals surface area contributed by atoms with Gasteiger partial charge in [-0.3, -0.25) is 4.98 Å². The summed E-state index contributed by atoms with van der Waals surface area (Å²) in [6.07, 6.45) is 5.11. The van der Waals surface area contributed by atoms with Gasteiger partial charge in [-0.25, -0.2) is 0 Å². The molecule has 0 spiro atoms. The van der Waals surface area contributed by atoms with Crippen LogP contribution in [-0.2, 0) is 6.42 Å². The van der Waals surface area contributed by atoms with E-state index in [-0.39, 0.29) is 0 Å². The molecule has 0 saturated carbocycles. The van der Waals surface area contributed by atoms with E-state index in [1.165, 1.54) is 0 Å². The Bertz CT molecular complexity index is 493. The van der Waals surface area contributed by atoms with Crippen LogP contribution in [0.4, 0.5) is 5.69 Å². The summed E-state index contributed by atoms with van der Waals surface area (Å²) < 4.78 is 5.19. The van der Waals surface area contributed by atoms with E-state index in [1.807, 2.05) is 0 Å². The zero-order valence-corrected chi connectivity index (χ0v) is 10.1. The molecule has 0 aliphatic rings. The minimum Gasteiger partial charge on any atom is -0.397 e. The number of nitrogens with two attached hydrogens (primary N) is 1. The molecule has 90 valence electrons. The molecule has 0 atom stereocenters. The van der Waals surface area contributed by atoms with Crippen molar-refractivity contribution in [3.8, 4) is 11.5 Å². The Kier molecular flexibility index (Phi) is 3.37. The zero-order valence-electron chi connectivity index (χ0n) is 10.1. The molecular formula is C12H16N4O. The van der Waals surface area contributed by atoms with Crippen molar-refractivity contribution in [3.05, 3.63) is 24.3 Å². The molecule has 5 heteroatoms. The second kappa shape index (κ2) is 4.95. The Balaban J connectivity index is 2.16.